The summed E-state index contributed by atoms with van der Waals surface area (Å²) < 4.78 is 5.12. The van der Waals surface area contributed by atoms with Gasteiger partial charge in [0.1, 0.15) is 5.75 Å². The molecule has 0 bridgehead atoms. The van der Waals surface area contributed by atoms with Gasteiger partial charge in [-0.15, -0.1) is 0 Å². The summed E-state index contributed by atoms with van der Waals surface area (Å²) in [5.74, 6) is 0.809. The summed E-state index contributed by atoms with van der Waals surface area (Å²) in [7, 11) is 3.41. The average Bonchev–Trinajstić information content (AvgIpc) is 2.57. The van der Waals surface area contributed by atoms with E-state index in [0.29, 0.717) is 13.1 Å². The fourth-order valence-corrected chi connectivity index (χ4v) is 2.30. The van der Waals surface area contributed by atoms with Gasteiger partial charge in [-0.25, -0.2) is 4.79 Å². The Labute approximate surface area is 142 Å². The number of halogens is 1. The maximum Gasteiger partial charge on any atom is 0.317 e. The number of nitrogens with zero attached hydrogens (tertiary/aromatic N) is 1. The highest BCUT2D eigenvalue weighted by Gasteiger charge is 2.08. The lowest BCUT2D eigenvalue weighted by molar-refractivity contribution is 0.207. The molecule has 0 aromatic heterocycles. The van der Waals surface area contributed by atoms with Crippen LogP contribution in [0.4, 0.5) is 4.79 Å². The van der Waals surface area contributed by atoms with Crippen molar-refractivity contribution in [2.75, 3.05) is 20.7 Å². The maximum atomic E-state index is 12.1. The van der Waals surface area contributed by atoms with Gasteiger partial charge in [0.25, 0.3) is 0 Å². The van der Waals surface area contributed by atoms with Gasteiger partial charge < -0.3 is 15.0 Å². The average molecular weight is 333 g/mol. The van der Waals surface area contributed by atoms with E-state index in [1.54, 1.807) is 19.1 Å². The van der Waals surface area contributed by atoms with Crippen LogP contribution in [0.2, 0.25) is 5.02 Å². The number of carbonyl (C=O) groups is 1. The lowest BCUT2D eigenvalue weighted by atomic mass is 10.1. The van der Waals surface area contributed by atoms with Gasteiger partial charge >= 0.3 is 6.03 Å². The SMILES string of the molecule is COc1ccc(CN(C)C(=O)NCCc2ccc(Cl)cc2)cc1. The number of methoxy groups -OCH3 is 1. The van der Waals surface area contributed by atoms with Gasteiger partial charge in [-0.3, -0.25) is 0 Å². The lowest BCUT2D eigenvalue weighted by Crippen LogP contribution is -2.37. The van der Waals surface area contributed by atoms with E-state index in [1.807, 2.05) is 48.5 Å². The fourth-order valence-electron chi connectivity index (χ4n) is 2.18. The van der Waals surface area contributed by atoms with E-state index < -0.39 is 0 Å². The number of hydrogen-bond donors (Lipinski definition) is 1. The molecule has 0 radical (unpaired) electrons. The smallest absolute Gasteiger partial charge is 0.317 e. The highest BCUT2D eigenvalue weighted by Crippen LogP contribution is 2.12. The molecule has 4 nitrogen and oxygen atoms in total. The third-order valence-corrected chi connectivity index (χ3v) is 3.78. The molecular formula is C18H21ClN2O2. The number of benzene rings is 2. The standard InChI is InChI=1S/C18H21ClN2O2/c1-21(13-15-5-9-17(23-2)10-6-15)18(22)20-12-11-14-3-7-16(19)8-4-14/h3-10H,11-13H2,1-2H3,(H,20,22). The van der Waals surface area contributed by atoms with Gasteiger partial charge in [-0.2, -0.15) is 0 Å². The van der Waals surface area contributed by atoms with E-state index in [1.165, 1.54) is 0 Å². The van der Waals surface area contributed by atoms with Crippen molar-refractivity contribution in [1.29, 1.82) is 0 Å². The molecule has 2 amide bonds. The predicted molar refractivity (Wildman–Crippen MR) is 93.0 cm³/mol. The molecule has 0 saturated heterocycles. The summed E-state index contributed by atoms with van der Waals surface area (Å²) in [5.41, 5.74) is 2.20. The van der Waals surface area contributed by atoms with E-state index >= 15 is 0 Å². The van der Waals surface area contributed by atoms with E-state index in [0.717, 1.165) is 28.3 Å². The minimum Gasteiger partial charge on any atom is -0.497 e. The van der Waals surface area contributed by atoms with E-state index in [9.17, 15) is 4.79 Å². The minimum atomic E-state index is -0.0882. The quantitative estimate of drug-likeness (QED) is 0.875. The van der Waals surface area contributed by atoms with Crippen LogP contribution in [-0.4, -0.2) is 31.6 Å². The lowest BCUT2D eigenvalue weighted by Gasteiger charge is -2.18. The van der Waals surface area contributed by atoms with E-state index in [-0.39, 0.29) is 6.03 Å². The zero-order chi connectivity index (χ0) is 16.7. The van der Waals surface area contributed by atoms with Crippen LogP contribution < -0.4 is 10.1 Å². The van der Waals surface area contributed by atoms with Gasteiger partial charge in [0.15, 0.2) is 0 Å². The van der Waals surface area contributed by atoms with Crippen LogP contribution in [-0.2, 0) is 13.0 Å². The molecule has 2 aromatic carbocycles. The molecule has 0 atom stereocenters. The Morgan fingerprint density at radius 2 is 1.70 bits per heavy atom. The van der Waals surface area contributed by atoms with Crippen molar-refractivity contribution in [3.05, 3.63) is 64.7 Å². The Bertz CT molecular complexity index is 626. The first kappa shape index (κ1) is 17.2. The van der Waals surface area contributed by atoms with Crippen molar-refractivity contribution >= 4 is 17.6 Å². The van der Waals surface area contributed by atoms with Crippen LogP contribution >= 0.6 is 11.6 Å². The molecule has 0 saturated carbocycles. The summed E-state index contributed by atoms with van der Waals surface area (Å²) in [6.45, 7) is 1.14. The van der Waals surface area contributed by atoms with Crippen molar-refractivity contribution in [2.24, 2.45) is 0 Å². The molecule has 0 aliphatic carbocycles. The number of urea groups is 1. The van der Waals surface area contributed by atoms with Gasteiger partial charge in [0.2, 0.25) is 0 Å². The predicted octanol–water partition coefficient (Wildman–Crippen LogP) is 3.73. The first-order valence-corrected chi connectivity index (χ1v) is 7.82. The molecule has 0 aliphatic heterocycles. The number of hydrogen-bond acceptors (Lipinski definition) is 2. The van der Waals surface area contributed by atoms with Crippen LogP contribution in [0.5, 0.6) is 5.75 Å². The molecule has 0 heterocycles. The molecule has 0 unspecified atom stereocenters. The topological polar surface area (TPSA) is 41.6 Å². The Kier molecular flexibility index (Phi) is 6.29. The van der Waals surface area contributed by atoms with Crippen LogP contribution in [0.1, 0.15) is 11.1 Å². The fraction of sp³-hybridized carbons (Fsp3) is 0.278. The Balaban J connectivity index is 1.76. The normalized spacial score (nSPS) is 10.2. The monoisotopic (exact) mass is 332 g/mol. The van der Waals surface area contributed by atoms with Crippen molar-refractivity contribution in [1.82, 2.24) is 10.2 Å². The van der Waals surface area contributed by atoms with Crippen molar-refractivity contribution in [3.63, 3.8) is 0 Å². The summed E-state index contributed by atoms with van der Waals surface area (Å²) in [5, 5.41) is 3.64. The van der Waals surface area contributed by atoms with Crippen molar-refractivity contribution < 1.29 is 9.53 Å². The number of carbonyl (C=O) groups excluding carboxylic acids is 1. The molecule has 0 spiro atoms. The highest BCUT2D eigenvalue weighted by molar-refractivity contribution is 6.30. The van der Waals surface area contributed by atoms with Crippen LogP contribution in [0, 0.1) is 0 Å². The second-order valence-corrected chi connectivity index (χ2v) is 5.75. The third kappa shape index (κ3) is 5.49. The Morgan fingerprint density at radius 1 is 1.09 bits per heavy atom. The molecule has 0 fully saturated rings. The van der Waals surface area contributed by atoms with Crippen molar-refractivity contribution in [3.8, 4) is 5.75 Å². The number of rotatable bonds is 6. The second kappa shape index (κ2) is 8.44. The van der Waals surface area contributed by atoms with E-state index in [2.05, 4.69) is 5.32 Å². The summed E-state index contributed by atoms with van der Waals surface area (Å²) in [6.07, 6.45) is 0.777. The first-order valence-electron chi connectivity index (χ1n) is 7.45. The largest absolute Gasteiger partial charge is 0.497 e. The third-order valence-electron chi connectivity index (χ3n) is 3.53. The molecular weight excluding hydrogens is 312 g/mol. The van der Waals surface area contributed by atoms with Gasteiger partial charge in [-0.1, -0.05) is 35.9 Å². The maximum absolute atomic E-state index is 12.1. The van der Waals surface area contributed by atoms with Gasteiger partial charge in [0.05, 0.1) is 7.11 Å². The van der Waals surface area contributed by atoms with Crippen LogP contribution in [0.25, 0.3) is 0 Å². The number of amides is 2. The first-order chi connectivity index (χ1) is 11.1. The molecule has 1 N–H and O–H groups in total. The molecule has 122 valence electrons. The molecule has 2 aromatic rings. The molecule has 23 heavy (non-hydrogen) atoms. The molecule has 5 heteroatoms. The van der Waals surface area contributed by atoms with Gasteiger partial charge in [0, 0.05) is 25.2 Å². The number of ether oxygens (including phenoxy) is 1. The number of nitrogens with one attached hydrogen (secondary N) is 1. The van der Waals surface area contributed by atoms with Crippen LogP contribution in [0.3, 0.4) is 0 Å². The Hall–Kier alpha value is -2.20. The summed E-state index contributed by atoms with van der Waals surface area (Å²) in [6, 6.07) is 15.2. The summed E-state index contributed by atoms with van der Waals surface area (Å²) in [4.78, 5) is 13.7. The molecule has 0 aliphatic rings. The summed E-state index contributed by atoms with van der Waals surface area (Å²) >= 11 is 5.85. The van der Waals surface area contributed by atoms with Gasteiger partial charge in [-0.05, 0) is 41.8 Å². The second-order valence-electron chi connectivity index (χ2n) is 5.31. The zero-order valence-corrected chi connectivity index (χ0v) is 14.1. The molecule has 2 rings (SSSR count). The van der Waals surface area contributed by atoms with Crippen molar-refractivity contribution in [2.45, 2.75) is 13.0 Å². The van der Waals surface area contributed by atoms with Crippen LogP contribution in [0.15, 0.2) is 48.5 Å². The zero-order valence-electron chi connectivity index (χ0n) is 13.4. The minimum absolute atomic E-state index is 0.0882. The van der Waals surface area contributed by atoms with E-state index in [4.69, 9.17) is 16.3 Å². The highest BCUT2D eigenvalue weighted by atomic mass is 35.5. The Morgan fingerprint density at radius 3 is 2.30 bits per heavy atom.